The molecule has 8 heteroatoms. The van der Waals surface area contributed by atoms with Crippen molar-refractivity contribution in [3.63, 3.8) is 0 Å². The van der Waals surface area contributed by atoms with Crippen LogP contribution < -0.4 is 10.2 Å². The van der Waals surface area contributed by atoms with E-state index in [2.05, 4.69) is 20.3 Å². The third-order valence-electron chi connectivity index (χ3n) is 5.33. The van der Waals surface area contributed by atoms with Gasteiger partial charge in [-0.15, -0.1) is 0 Å². The summed E-state index contributed by atoms with van der Waals surface area (Å²) in [5.41, 5.74) is 2.90. The van der Waals surface area contributed by atoms with Gasteiger partial charge in [-0.2, -0.15) is 5.10 Å². The smallest absolute Gasteiger partial charge is 0.259 e. The number of halogens is 1. The van der Waals surface area contributed by atoms with Gasteiger partial charge in [0.1, 0.15) is 17.2 Å². The zero-order chi connectivity index (χ0) is 18.5. The lowest BCUT2D eigenvalue weighted by atomic mass is 10.0. The summed E-state index contributed by atoms with van der Waals surface area (Å²) in [6.45, 7) is 4.60. The molecule has 3 aromatic rings. The zero-order valence-corrected chi connectivity index (χ0v) is 14.9. The van der Waals surface area contributed by atoms with Crippen molar-refractivity contribution in [2.45, 2.75) is 13.0 Å². The van der Waals surface area contributed by atoms with Crippen LogP contribution in [0.2, 0.25) is 0 Å². The summed E-state index contributed by atoms with van der Waals surface area (Å²) in [5, 5.41) is 7.59. The van der Waals surface area contributed by atoms with E-state index < -0.39 is 0 Å². The number of aromatic nitrogens is 3. The summed E-state index contributed by atoms with van der Waals surface area (Å²) in [4.78, 5) is 21.6. The van der Waals surface area contributed by atoms with Gasteiger partial charge in [-0.1, -0.05) is 0 Å². The first-order chi connectivity index (χ1) is 13.1. The van der Waals surface area contributed by atoms with E-state index in [1.54, 1.807) is 29.0 Å². The number of rotatable bonds is 0. The second-order valence-electron chi connectivity index (χ2n) is 6.99. The molecule has 4 bridgehead atoms. The lowest BCUT2D eigenvalue weighted by Crippen LogP contribution is -2.49. The monoisotopic (exact) mass is 366 g/mol. The minimum absolute atomic E-state index is 0.0547. The summed E-state index contributed by atoms with van der Waals surface area (Å²) in [6, 6.07) is 6.55. The highest BCUT2D eigenvalue weighted by Crippen LogP contribution is 2.31. The molecule has 7 nitrogen and oxygen atoms in total. The van der Waals surface area contributed by atoms with E-state index >= 15 is 0 Å². The van der Waals surface area contributed by atoms with Gasteiger partial charge < -0.3 is 15.1 Å². The Balaban J connectivity index is 1.68. The van der Waals surface area contributed by atoms with Crippen molar-refractivity contribution in [1.82, 2.24) is 19.5 Å². The number of piperazine rings is 1. The molecule has 0 spiro atoms. The first kappa shape index (κ1) is 16.0. The van der Waals surface area contributed by atoms with Crippen molar-refractivity contribution in [3.8, 4) is 0 Å². The van der Waals surface area contributed by atoms with Crippen LogP contribution in [0.25, 0.3) is 5.65 Å². The molecule has 1 saturated heterocycles. The van der Waals surface area contributed by atoms with Crippen LogP contribution in [0.4, 0.5) is 15.9 Å². The fourth-order valence-electron chi connectivity index (χ4n) is 3.88. The number of fused-ring (bicyclic) bond motifs is 3. The third-order valence-corrected chi connectivity index (χ3v) is 5.33. The Morgan fingerprint density at radius 3 is 2.74 bits per heavy atom. The largest absolute Gasteiger partial charge is 0.368 e. The summed E-state index contributed by atoms with van der Waals surface area (Å²) >= 11 is 0. The Kier molecular flexibility index (Phi) is 3.53. The molecule has 0 radical (unpaired) electrons. The summed E-state index contributed by atoms with van der Waals surface area (Å²) in [7, 11) is 0. The van der Waals surface area contributed by atoms with Gasteiger partial charge in [0.05, 0.1) is 12.2 Å². The summed E-state index contributed by atoms with van der Waals surface area (Å²) < 4.78 is 15.6. The molecule has 1 N–H and O–H groups in total. The average molecular weight is 366 g/mol. The maximum absolute atomic E-state index is 14.0. The van der Waals surface area contributed by atoms with Crippen LogP contribution in [0.15, 0.2) is 36.7 Å². The molecule has 27 heavy (non-hydrogen) atoms. The first-order valence-corrected chi connectivity index (χ1v) is 9.05. The zero-order valence-electron chi connectivity index (χ0n) is 14.9. The number of amides is 1. The predicted octanol–water partition coefficient (Wildman–Crippen LogP) is 2.32. The number of nitrogens with zero attached hydrogens (tertiary/aromatic N) is 5. The highest BCUT2D eigenvalue weighted by molar-refractivity contribution is 6.00. The second-order valence-corrected chi connectivity index (χ2v) is 6.99. The molecule has 6 rings (SSSR count). The lowest BCUT2D eigenvalue weighted by molar-refractivity contribution is 0.0748. The number of benzene rings is 1. The van der Waals surface area contributed by atoms with E-state index in [0.717, 1.165) is 11.3 Å². The molecule has 2 aromatic heterocycles. The molecule has 1 aromatic carbocycles. The molecule has 1 atom stereocenters. The number of hydrogen-bond donors (Lipinski definition) is 1. The van der Waals surface area contributed by atoms with Gasteiger partial charge in [0.25, 0.3) is 5.91 Å². The Hall–Kier alpha value is -3.16. The quantitative estimate of drug-likeness (QED) is 0.661. The summed E-state index contributed by atoms with van der Waals surface area (Å²) in [5.74, 6) is 0.305. The van der Waals surface area contributed by atoms with E-state index in [9.17, 15) is 9.18 Å². The van der Waals surface area contributed by atoms with Crippen LogP contribution in [0.1, 0.15) is 28.9 Å². The molecule has 3 aliphatic heterocycles. The van der Waals surface area contributed by atoms with Gasteiger partial charge in [0.2, 0.25) is 0 Å². The third kappa shape index (κ3) is 2.59. The van der Waals surface area contributed by atoms with Gasteiger partial charge in [-0.05, 0) is 31.2 Å². The van der Waals surface area contributed by atoms with E-state index in [1.807, 2.05) is 17.9 Å². The van der Waals surface area contributed by atoms with Crippen molar-refractivity contribution < 1.29 is 9.18 Å². The van der Waals surface area contributed by atoms with Gasteiger partial charge in [-0.3, -0.25) is 4.79 Å². The number of carbonyl (C=O) groups is 1. The van der Waals surface area contributed by atoms with Crippen LogP contribution in [0.3, 0.4) is 0 Å². The molecule has 1 fully saturated rings. The SMILES string of the molecule is C[C@H]1Nc2ccn3ncc(c3n2)C(=O)N2CCN(CC2)c2ccc(F)cc21. The second kappa shape index (κ2) is 5.94. The normalized spacial score (nSPS) is 19.5. The molecule has 0 aliphatic carbocycles. The molecule has 138 valence electrons. The topological polar surface area (TPSA) is 65.8 Å². The van der Waals surface area contributed by atoms with Crippen LogP contribution in [0.5, 0.6) is 0 Å². The maximum Gasteiger partial charge on any atom is 0.259 e. The van der Waals surface area contributed by atoms with E-state index in [4.69, 9.17) is 0 Å². The summed E-state index contributed by atoms with van der Waals surface area (Å²) in [6.07, 6.45) is 3.35. The van der Waals surface area contributed by atoms with Crippen molar-refractivity contribution in [1.29, 1.82) is 0 Å². The van der Waals surface area contributed by atoms with Gasteiger partial charge in [0.15, 0.2) is 5.65 Å². The molecule has 1 amide bonds. The van der Waals surface area contributed by atoms with E-state index in [-0.39, 0.29) is 17.8 Å². The Morgan fingerprint density at radius 1 is 1.15 bits per heavy atom. The Morgan fingerprint density at radius 2 is 1.93 bits per heavy atom. The van der Waals surface area contributed by atoms with Crippen molar-refractivity contribution in [3.05, 3.63) is 53.6 Å². The molecular formula is C19H19FN6O. The van der Waals surface area contributed by atoms with Crippen molar-refractivity contribution in [2.75, 3.05) is 36.4 Å². The average Bonchev–Trinajstić information content (AvgIpc) is 3.10. The fourth-order valence-corrected chi connectivity index (χ4v) is 3.88. The minimum Gasteiger partial charge on any atom is -0.368 e. The molecular weight excluding hydrogens is 347 g/mol. The van der Waals surface area contributed by atoms with Gasteiger partial charge >= 0.3 is 0 Å². The Labute approximate surface area is 155 Å². The van der Waals surface area contributed by atoms with Crippen LogP contribution in [-0.4, -0.2) is 51.6 Å². The van der Waals surface area contributed by atoms with Crippen LogP contribution in [0, 0.1) is 5.82 Å². The molecule has 3 aliphatic rings. The van der Waals surface area contributed by atoms with Crippen LogP contribution in [-0.2, 0) is 0 Å². The highest BCUT2D eigenvalue weighted by Gasteiger charge is 2.27. The minimum atomic E-state index is -0.262. The maximum atomic E-state index is 14.0. The standard InChI is InChI=1S/C19H19FN6O/c1-12-14-10-13(20)2-3-16(14)24-6-8-25(9-7-24)19(27)15-11-21-26-5-4-17(22-12)23-18(15)26/h2-5,10-12H,6-9H2,1H3,(H,22,23)/t12-/m1/s1. The van der Waals surface area contributed by atoms with Crippen LogP contribution >= 0.6 is 0 Å². The van der Waals surface area contributed by atoms with E-state index in [0.29, 0.717) is 43.2 Å². The number of hydrogen-bond acceptors (Lipinski definition) is 5. The lowest BCUT2D eigenvalue weighted by Gasteiger charge is -2.37. The molecule has 5 heterocycles. The molecule has 0 saturated carbocycles. The Bertz CT molecular complexity index is 1040. The van der Waals surface area contributed by atoms with Gasteiger partial charge in [0, 0.05) is 43.6 Å². The van der Waals surface area contributed by atoms with Crippen molar-refractivity contribution in [2.24, 2.45) is 0 Å². The van der Waals surface area contributed by atoms with Crippen molar-refractivity contribution >= 4 is 23.1 Å². The fraction of sp³-hybridized carbons (Fsp3) is 0.316. The van der Waals surface area contributed by atoms with E-state index in [1.165, 1.54) is 6.07 Å². The number of carbonyl (C=O) groups excluding carboxylic acids is 1. The molecule has 0 unspecified atom stereocenters. The highest BCUT2D eigenvalue weighted by atomic mass is 19.1. The first-order valence-electron chi connectivity index (χ1n) is 9.05. The number of nitrogens with one attached hydrogen (secondary N) is 1. The van der Waals surface area contributed by atoms with Gasteiger partial charge in [-0.25, -0.2) is 13.9 Å². The predicted molar refractivity (Wildman–Crippen MR) is 99.5 cm³/mol. The number of anilines is 2.